The van der Waals surface area contributed by atoms with E-state index in [0.29, 0.717) is 28.0 Å². The van der Waals surface area contributed by atoms with E-state index in [1.54, 1.807) is 19.1 Å². The number of benzene rings is 2. The van der Waals surface area contributed by atoms with Gasteiger partial charge < -0.3 is 4.57 Å². The normalized spacial score (nSPS) is 15.9. The summed E-state index contributed by atoms with van der Waals surface area (Å²) in [4.78, 5) is 26.2. The Morgan fingerprint density at radius 2 is 1.93 bits per heavy atom. The number of imide groups is 1. The quantitative estimate of drug-likeness (QED) is 0.362. The van der Waals surface area contributed by atoms with E-state index in [4.69, 9.17) is 23.2 Å². The van der Waals surface area contributed by atoms with Gasteiger partial charge in [-0.05, 0) is 60.7 Å². The standard InChI is InChI=1S/C21H15BrCl2N2O2S/c1-2-26-20(27)19(29-21(26)28)7-13-11-25(18-6-4-14(22)8-16(13)18)10-12-3-5-15(23)9-17(12)24/h3-9,11H,2,10H2,1H3/b19-7-. The van der Waals surface area contributed by atoms with Gasteiger partial charge in [0.25, 0.3) is 11.1 Å². The lowest BCUT2D eigenvalue weighted by Crippen LogP contribution is -2.27. The molecule has 1 aromatic heterocycles. The highest BCUT2D eigenvalue weighted by atomic mass is 79.9. The fraction of sp³-hybridized carbons (Fsp3) is 0.143. The van der Waals surface area contributed by atoms with Crippen LogP contribution in [0.4, 0.5) is 4.79 Å². The van der Waals surface area contributed by atoms with Crippen molar-refractivity contribution in [1.82, 2.24) is 9.47 Å². The third kappa shape index (κ3) is 3.99. The Hall–Kier alpha value is -1.73. The Bertz CT molecular complexity index is 1190. The summed E-state index contributed by atoms with van der Waals surface area (Å²) in [5.41, 5.74) is 2.81. The number of hydrogen-bond acceptors (Lipinski definition) is 3. The molecule has 1 saturated heterocycles. The second kappa shape index (κ2) is 8.19. The number of carbonyl (C=O) groups excluding carboxylic acids is 2. The van der Waals surface area contributed by atoms with Crippen molar-refractivity contribution in [2.75, 3.05) is 6.54 Å². The fourth-order valence-electron chi connectivity index (χ4n) is 3.29. The molecule has 1 aliphatic heterocycles. The zero-order valence-corrected chi connectivity index (χ0v) is 19.2. The highest BCUT2D eigenvalue weighted by molar-refractivity contribution is 9.10. The molecular weight excluding hydrogens is 495 g/mol. The predicted octanol–water partition coefficient (Wildman–Crippen LogP) is 6.82. The maximum absolute atomic E-state index is 12.5. The number of halogens is 3. The summed E-state index contributed by atoms with van der Waals surface area (Å²) >= 11 is 16.9. The molecule has 0 spiro atoms. The van der Waals surface area contributed by atoms with Gasteiger partial charge in [0.15, 0.2) is 0 Å². The van der Waals surface area contributed by atoms with Crippen LogP contribution in [0.15, 0.2) is 52.0 Å². The van der Waals surface area contributed by atoms with Crippen LogP contribution in [0.2, 0.25) is 10.0 Å². The van der Waals surface area contributed by atoms with Crippen molar-refractivity contribution in [3.8, 4) is 0 Å². The van der Waals surface area contributed by atoms with E-state index in [1.165, 1.54) is 4.90 Å². The van der Waals surface area contributed by atoms with E-state index in [-0.39, 0.29) is 11.1 Å². The summed E-state index contributed by atoms with van der Waals surface area (Å²) in [6, 6.07) is 11.4. The van der Waals surface area contributed by atoms with E-state index in [0.717, 1.165) is 38.3 Å². The van der Waals surface area contributed by atoms with Crippen LogP contribution in [0.25, 0.3) is 17.0 Å². The molecule has 148 valence electrons. The van der Waals surface area contributed by atoms with E-state index < -0.39 is 0 Å². The molecule has 2 aromatic carbocycles. The average Bonchev–Trinajstić information content (AvgIpc) is 3.14. The molecule has 0 atom stereocenters. The minimum Gasteiger partial charge on any atom is -0.342 e. The van der Waals surface area contributed by atoms with E-state index in [1.807, 2.05) is 36.5 Å². The highest BCUT2D eigenvalue weighted by Gasteiger charge is 2.33. The monoisotopic (exact) mass is 508 g/mol. The van der Waals surface area contributed by atoms with Crippen LogP contribution in [0, 0.1) is 0 Å². The number of rotatable bonds is 4. The van der Waals surface area contributed by atoms with Gasteiger partial charge in [-0.2, -0.15) is 0 Å². The summed E-state index contributed by atoms with van der Waals surface area (Å²) in [6.45, 7) is 2.71. The molecule has 8 heteroatoms. The molecule has 29 heavy (non-hydrogen) atoms. The van der Waals surface area contributed by atoms with Gasteiger partial charge in [0.2, 0.25) is 0 Å². The third-order valence-electron chi connectivity index (χ3n) is 4.71. The van der Waals surface area contributed by atoms with Gasteiger partial charge in [-0.15, -0.1) is 0 Å². The van der Waals surface area contributed by atoms with Crippen LogP contribution in [-0.2, 0) is 11.3 Å². The van der Waals surface area contributed by atoms with Crippen LogP contribution in [0.5, 0.6) is 0 Å². The van der Waals surface area contributed by atoms with Gasteiger partial charge in [-0.25, -0.2) is 0 Å². The summed E-state index contributed by atoms with van der Waals surface area (Å²) in [7, 11) is 0. The number of aromatic nitrogens is 1. The molecule has 0 radical (unpaired) electrons. The topological polar surface area (TPSA) is 42.3 Å². The van der Waals surface area contributed by atoms with Crippen molar-refractivity contribution < 1.29 is 9.59 Å². The molecule has 1 aliphatic rings. The maximum Gasteiger partial charge on any atom is 0.293 e. The molecule has 2 heterocycles. The Kier molecular flexibility index (Phi) is 5.80. The average molecular weight is 510 g/mol. The lowest BCUT2D eigenvalue weighted by atomic mass is 10.1. The maximum atomic E-state index is 12.5. The van der Waals surface area contributed by atoms with Crippen molar-refractivity contribution in [1.29, 1.82) is 0 Å². The number of carbonyl (C=O) groups is 2. The molecule has 0 aliphatic carbocycles. The molecule has 1 fully saturated rings. The molecule has 0 unspecified atom stereocenters. The van der Waals surface area contributed by atoms with Gasteiger partial charge in [0, 0.05) is 50.3 Å². The summed E-state index contributed by atoms with van der Waals surface area (Å²) in [5.74, 6) is -0.251. The molecule has 0 N–H and O–H groups in total. The van der Waals surface area contributed by atoms with Crippen LogP contribution >= 0.6 is 50.9 Å². The lowest BCUT2D eigenvalue weighted by Gasteiger charge is -2.08. The minimum atomic E-state index is -0.251. The van der Waals surface area contributed by atoms with Crippen molar-refractivity contribution in [3.63, 3.8) is 0 Å². The first-order valence-electron chi connectivity index (χ1n) is 8.85. The summed E-state index contributed by atoms with van der Waals surface area (Å²) in [5, 5.41) is 1.93. The van der Waals surface area contributed by atoms with E-state index in [2.05, 4.69) is 20.5 Å². The zero-order chi connectivity index (χ0) is 20.7. The van der Waals surface area contributed by atoms with Gasteiger partial charge in [0.1, 0.15) is 0 Å². The fourth-order valence-corrected chi connectivity index (χ4v) is 5.01. The first-order chi connectivity index (χ1) is 13.9. The van der Waals surface area contributed by atoms with Crippen molar-refractivity contribution in [3.05, 3.63) is 73.1 Å². The van der Waals surface area contributed by atoms with Crippen LogP contribution in [-0.4, -0.2) is 27.2 Å². The SMILES string of the molecule is CCN1C(=O)S/C(=C\c2cn(Cc3ccc(Cl)cc3Cl)c3ccc(Br)cc23)C1=O. The van der Waals surface area contributed by atoms with Crippen LogP contribution in [0.1, 0.15) is 18.1 Å². The molecule has 3 aromatic rings. The Morgan fingerprint density at radius 1 is 1.14 bits per heavy atom. The smallest absolute Gasteiger partial charge is 0.293 e. The highest BCUT2D eigenvalue weighted by Crippen LogP contribution is 2.35. The first-order valence-corrected chi connectivity index (χ1v) is 11.2. The molecule has 0 bridgehead atoms. The number of hydrogen-bond donors (Lipinski definition) is 0. The number of amides is 2. The van der Waals surface area contributed by atoms with Crippen molar-refractivity contribution in [2.45, 2.75) is 13.5 Å². The predicted molar refractivity (Wildman–Crippen MR) is 124 cm³/mol. The van der Waals surface area contributed by atoms with E-state index >= 15 is 0 Å². The minimum absolute atomic E-state index is 0.235. The molecule has 4 nitrogen and oxygen atoms in total. The van der Waals surface area contributed by atoms with Crippen molar-refractivity contribution >= 4 is 79.0 Å². The third-order valence-corrected chi connectivity index (χ3v) is 6.69. The molecule has 4 rings (SSSR count). The van der Waals surface area contributed by atoms with Gasteiger partial charge in [-0.3, -0.25) is 14.5 Å². The second-order valence-electron chi connectivity index (χ2n) is 6.54. The summed E-state index contributed by atoms with van der Waals surface area (Å²) < 4.78 is 3.01. The Balaban J connectivity index is 1.79. The van der Waals surface area contributed by atoms with Gasteiger partial charge in [0.05, 0.1) is 4.91 Å². The second-order valence-corrected chi connectivity index (χ2v) is 9.29. The Labute approximate surface area is 190 Å². The number of fused-ring (bicyclic) bond motifs is 1. The first kappa shape index (κ1) is 20.5. The molecular formula is C21H15BrCl2N2O2S. The molecule has 2 amide bonds. The number of likely N-dealkylation sites (N-methyl/N-ethyl adjacent to an activating group) is 1. The zero-order valence-electron chi connectivity index (χ0n) is 15.3. The number of thioether (sulfide) groups is 1. The lowest BCUT2D eigenvalue weighted by molar-refractivity contribution is -0.122. The molecule has 0 saturated carbocycles. The number of nitrogens with zero attached hydrogens (tertiary/aromatic N) is 2. The van der Waals surface area contributed by atoms with Crippen LogP contribution < -0.4 is 0 Å². The van der Waals surface area contributed by atoms with Gasteiger partial charge >= 0.3 is 0 Å². The Morgan fingerprint density at radius 3 is 2.62 bits per heavy atom. The summed E-state index contributed by atoms with van der Waals surface area (Å²) in [6.07, 6.45) is 3.76. The largest absolute Gasteiger partial charge is 0.342 e. The van der Waals surface area contributed by atoms with Crippen LogP contribution in [0.3, 0.4) is 0 Å². The van der Waals surface area contributed by atoms with Crippen molar-refractivity contribution in [2.24, 2.45) is 0 Å². The van der Waals surface area contributed by atoms with Gasteiger partial charge in [-0.1, -0.05) is 45.2 Å². The van der Waals surface area contributed by atoms with E-state index in [9.17, 15) is 9.59 Å².